The van der Waals surface area contributed by atoms with Gasteiger partial charge in [0.1, 0.15) is 0 Å². The van der Waals surface area contributed by atoms with Gasteiger partial charge in [0.05, 0.1) is 12.7 Å². The molecule has 0 spiro atoms. The molecule has 0 radical (unpaired) electrons. The molecule has 1 unspecified atom stereocenters. The third-order valence-electron chi connectivity index (χ3n) is 1.59. The lowest BCUT2D eigenvalue weighted by atomic mass is 10.5. The second-order valence-corrected chi connectivity index (χ2v) is 2.34. The minimum atomic E-state index is -0.123. The first-order chi connectivity index (χ1) is 4.13. The zero-order valence-electron chi connectivity index (χ0n) is 5.66. The molecule has 0 bridgehead atoms. The van der Waals surface area contributed by atoms with Gasteiger partial charge >= 0.3 is 6.03 Å². The van der Waals surface area contributed by atoms with E-state index in [0.29, 0.717) is 6.54 Å². The number of urea groups is 1. The van der Waals surface area contributed by atoms with Crippen LogP contribution in [0.2, 0.25) is 0 Å². The topological polar surface area (TPSA) is 49.6 Å². The number of hydrogen-bond donors (Lipinski definition) is 1. The molecule has 1 heterocycles. The number of nitrogens with two attached hydrogens (primary N) is 1. The molecule has 1 atom stereocenters. The summed E-state index contributed by atoms with van der Waals surface area (Å²) in [5.74, 6) is 0. The number of hydrogen-bond acceptors (Lipinski definition) is 2. The lowest BCUT2D eigenvalue weighted by Crippen LogP contribution is -2.36. The van der Waals surface area contributed by atoms with Crippen molar-refractivity contribution in [3.8, 4) is 0 Å². The van der Waals surface area contributed by atoms with E-state index < -0.39 is 0 Å². The van der Waals surface area contributed by atoms with Crippen LogP contribution in [0, 0.1) is 0 Å². The van der Waals surface area contributed by atoms with Crippen LogP contribution in [0.4, 0.5) is 4.79 Å². The molecule has 1 fully saturated rings. The number of carbonyl (C=O) groups is 1. The predicted molar refractivity (Wildman–Crippen MR) is 33.8 cm³/mol. The fraction of sp³-hybridized carbons (Fsp3) is 0.800. The Labute approximate surface area is 54.2 Å². The van der Waals surface area contributed by atoms with Crippen LogP contribution in [0.5, 0.6) is 0 Å². The van der Waals surface area contributed by atoms with Gasteiger partial charge in [-0.05, 0) is 0 Å². The molecular weight excluding hydrogens is 118 g/mol. The average Bonchev–Trinajstić information content (AvgIpc) is 1.98. The Bertz CT molecular complexity index is 136. The van der Waals surface area contributed by atoms with Crippen molar-refractivity contribution < 1.29 is 4.79 Å². The Kier molecular flexibility index (Phi) is 1.32. The summed E-state index contributed by atoms with van der Waals surface area (Å²) in [6.45, 7) is 0.634. The highest BCUT2D eigenvalue weighted by Gasteiger charge is 2.28. The fourth-order valence-corrected chi connectivity index (χ4v) is 0.892. The highest BCUT2D eigenvalue weighted by molar-refractivity contribution is 5.76. The molecule has 0 aliphatic carbocycles. The third-order valence-corrected chi connectivity index (χ3v) is 1.59. The molecule has 2 amide bonds. The van der Waals surface area contributed by atoms with Gasteiger partial charge in [0.2, 0.25) is 0 Å². The molecule has 52 valence electrons. The Morgan fingerprint density at radius 3 is 2.33 bits per heavy atom. The van der Waals surface area contributed by atoms with E-state index in [1.165, 1.54) is 4.90 Å². The number of carbonyl (C=O) groups excluding carboxylic acids is 1. The lowest BCUT2D eigenvalue weighted by Gasteiger charge is -2.11. The van der Waals surface area contributed by atoms with Gasteiger partial charge in [-0.2, -0.15) is 0 Å². The van der Waals surface area contributed by atoms with Crippen molar-refractivity contribution in [2.75, 3.05) is 20.6 Å². The Morgan fingerprint density at radius 1 is 1.67 bits per heavy atom. The largest absolute Gasteiger partial charge is 0.324 e. The van der Waals surface area contributed by atoms with Crippen molar-refractivity contribution in [2.24, 2.45) is 5.73 Å². The molecule has 0 aromatic rings. The maximum Gasteiger partial charge on any atom is 0.320 e. The van der Waals surface area contributed by atoms with Crippen molar-refractivity contribution in [1.29, 1.82) is 0 Å². The summed E-state index contributed by atoms with van der Waals surface area (Å²) in [5, 5.41) is 0. The molecular formula is C5H11N3O. The molecule has 0 aromatic heterocycles. The van der Waals surface area contributed by atoms with Crippen molar-refractivity contribution in [1.82, 2.24) is 9.80 Å². The second kappa shape index (κ2) is 1.88. The van der Waals surface area contributed by atoms with Crippen LogP contribution in [0.1, 0.15) is 0 Å². The SMILES string of the molecule is CN1CC(N)N(C)C1=O. The van der Waals surface area contributed by atoms with Crippen molar-refractivity contribution >= 4 is 6.03 Å². The van der Waals surface area contributed by atoms with Gasteiger partial charge in [-0.3, -0.25) is 0 Å². The summed E-state index contributed by atoms with van der Waals surface area (Å²) in [6.07, 6.45) is -0.123. The van der Waals surface area contributed by atoms with E-state index >= 15 is 0 Å². The minimum absolute atomic E-state index is 0.00231. The molecule has 1 saturated heterocycles. The van der Waals surface area contributed by atoms with Gasteiger partial charge < -0.3 is 15.5 Å². The fourth-order valence-electron chi connectivity index (χ4n) is 0.892. The van der Waals surface area contributed by atoms with E-state index in [9.17, 15) is 4.79 Å². The van der Waals surface area contributed by atoms with Crippen LogP contribution in [-0.4, -0.2) is 42.6 Å². The summed E-state index contributed by atoms with van der Waals surface area (Å²) >= 11 is 0. The minimum Gasteiger partial charge on any atom is -0.324 e. The second-order valence-electron chi connectivity index (χ2n) is 2.34. The summed E-state index contributed by atoms with van der Waals surface area (Å²) in [7, 11) is 3.45. The number of rotatable bonds is 0. The molecule has 0 saturated carbocycles. The molecule has 2 N–H and O–H groups in total. The van der Waals surface area contributed by atoms with E-state index in [1.807, 2.05) is 0 Å². The van der Waals surface area contributed by atoms with Gasteiger partial charge in [0.15, 0.2) is 0 Å². The van der Waals surface area contributed by atoms with Crippen molar-refractivity contribution in [3.63, 3.8) is 0 Å². The summed E-state index contributed by atoms with van der Waals surface area (Å²) in [5.41, 5.74) is 5.52. The molecule has 1 rings (SSSR count). The highest BCUT2D eigenvalue weighted by Crippen LogP contribution is 2.05. The van der Waals surface area contributed by atoms with Crippen LogP contribution >= 0.6 is 0 Å². The monoisotopic (exact) mass is 129 g/mol. The molecule has 9 heavy (non-hydrogen) atoms. The van der Waals surface area contributed by atoms with Crippen LogP contribution < -0.4 is 5.73 Å². The van der Waals surface area contributed by atoms with E-state index in [2.05, 4.69) is 0 Å². The van der Waals surface area contributed by atoms with Crippen LogP contribution in [0.3, 0.4) is 0 Å². The molecule has 1 aliphatic heterocycles. The zero-order valence-corrected chi connectivity index (χ0v) is 5.66. The van der Waals surface area contributed by atoms with E-state index in [4.69, 9.17) is 5.73 Å². The lowest BCUT2D eigenvalue weighted by molar-refractivity contribution is 0.201. The standard InChI is InChI=1S/C5H11N3O/c1-7-3-4(6)8(2)5(7)9/h4H,3,6H2,1-2H3. The van der Waals surface area contributed by atoms with E-state index in [-0.39, 0.29) is 12.2 Å². The summed E-state index contributed by atoms with van der Waals surface area (Å²) < 4.78 is 0. The molecule has 1 aliphatic rings. The van der Waals surface area contributed by atoms with Gasteiger partial charge in [0, 0.05) is 14.1 Å². The van der Waals surface area contributed by atoms with E-state index in [1.54, 1.807) is 19.0 Å². The summed E-state index contributed by atoms with van der Waals surface area (Å²) in [6, 6.07) is 0.00231. The van der Waals surface area contributed by atoms with Crippen LogP contribution in [0.15, 0.2) is 0 Å². The average molecular weight is 129 g/mol. The quantitative estimate of drug-likeness (QED) is 0.468. The Balaban J connectivity index is 2.65. The number of likely N-dealkylation sites (N-methyl/N-ethyl adjacent to an activating group) is 2. The van der Waals surface area contributed by atoms with Gasteiger partial charge in [-0.15, -0.1) is 0 Å². The number of amides is 2. The first-order valence-corrected chi connectivity index (χ1v) is 2.86. The number of nitrogens with zero attached hydrogens (tertiary/aromatic N) is 2. The van der Waals surface area contributed by atoms with Gasteiger partial charge in [-0.1, -0.05) is 0 Å². The first kappa shape index (κ1) is 6.35. The summed E-state index contributed by atoms with van der Waals surface area (Å²) in [4.78, 5) is 14.0. The molecule has 0 aromatic carbocycles. The maximum atomic E-state index is 10.9. The van der Waals surface area contributed by atoms with E-state index in [0.717, 1.165) is 0 Å². The van der Waals surface area contributed by atoms with Crippen LogP contribution in [-0.2, 0) is 0 Å². The smallest absolute Gasteiger partial charge is 0.320 e. The Morgan fingerprint density at radius 2 is 2.22 bits per heavy atom. The van der Waals surface area contributed by atoms with Gasteiger partial charge in [-0.25, -0.2) is 4.79 Å². The van der Waals surface area contributed by atoms with Crippen molar-refractivity contribution in [3.05, 3.63) is 0 Å². The Hall–Kier alpha value is -0.770. The van der Waals surface area contributed by atoms with Crippen molar-refractivity contribution in [2.45, 2.75) is 6.17 Å². The van der Waals surface area contributed by atoms with Gasteiger partial charge in [0.25, 0.3) is 0 Å². The third kappa shape index (κ3) is 0.853. The normalized spacial score (nSPS) is 27.9. The maximum absolute atomic E-state index is 10.9. The van der Waals surface area contributed by atoms with Crippen LogP contribution in [0.25, 0.3) is 0 Å². The first-order valence-electron chi connectivity index (χ1n) is 2.86. The zero-order chi connectivity index (χ0) is 7.02. The predicted octanol–water partition coefficient (Wildman–Crippen LogP) is -0.732. The molecule has 4 nitrogen and oxygen atoms in total. The molecule has 4 heteroatoms. The highest BCUT2D eigenvalue weighted by atomic mass is 16.2.